The summed E-state index contributed by atoms with van der Waals surface area (Å²) in [5.74, 6) is -1.24. The van der Waals surface area contributed by atoms with Gasteiger partial charge >= 0.3 is 0 Å². The molecule has 0 bridgehead atoms. The average molecular weight is 239 g/mol. The van der Waals surface area contributed by atoms with Gasteiger partial charge in [-0.25, -0.2) is 4.39 Å². The quantitative estimate of drug-likeness (QED) is 0.659. The number of amides is 2. The number of nitrogens with two attached hydrogens (primary N) is 1. The van der Waals surface area contributed by atoms with E-state index < -0.39 is 11.7 Å². The number of rotatable bonds is 4. The number of halogens is 1. The molecule has 17 heavy (non-hydrogen) atoms. The molecule has 1 rings (SSSR count). The van der Waals surface area contributed by atoms with E-state index in [1.807, 2.05) is 0 Å². The van der Waals surface area contributed by atoms with Crippen molar-refractivity contribution >= 4 is 17.5 Å². The number of carbonyl (C=O) groups is 2. The van der Waals surface area contributed by atoms with Crippen LogP contribution in [0.5, 0.6) is 0 Å². The van der Waals surface area contributed by atoms with E-state index in [-0.39, 0.29) is 30.1 Å². The highest BCUT2D eigenvalue weighted by atomic mass is 19.1. The molecule has 1 aromatic rings. The molecule has 2 amide bonds. The smallest absolute Gasteiger partial charge is 0.251 e. The van der Waals surface area contributed by atoms with Crippen molar-refractivity contribution in [1.29, 1.82) is 0 Å². The van der Waals surface area contributed by atoms with E-state index >= 15 is 0 Å². The maximum absolute atomic E-state index is 13.1. The summed E-state index contributed by atoms with van der Waals surface area (Å²) in [6, 6.07) is 3.81. The molecule has 0 aromatic heterocycles. The molecule has 0 saturated heterocycles. The van der Waals surface area contributed by atoms with Crippen LogP contribution in [0.3, 0.4) is 0 Å². The van der Waals surface area contributed by atoms with E-state index in [1.165, 1.54) is 19.2 Å². The van der Waals surface area contributed by atoms with Gasteiger partial charge in [0.25, 0.3) is 5.91 Å². The predicted molar refractivity (Wildman–Crippen MR) is 61.8 cm³/mol. The summed E-state index contributed by atoms with van der Waals surface area (Å²) < 4.78 is 13.1. The van der Waals surface area contributed by atoms with Gasteiger partial charge in [0.1, 0.15) is 5.82 Å². The molecular formula is C11H14FN3O2. The van der Waals surface area contributed by atoms with Crippen LogP contribution in [0.25, 0.3) is 0 Å². The summed E-state index contributed by atoms with van der Waals surface area (Å²) in [7, 11) is 1.51. The summed E-state index contributed by atoms with van der Waals surface area (Å²) in [6.45, 7) is 0.199. The Kier molecular flexibility index (Phi) is 4.45. The Morgan fingerprint density at radius 2 is 2.12 bits per heavy atom. The number of benzene rings is 1. The number of anilines is 1. The van der Waals surface area contributed by atoms with Gasteiger partial charge in [-0.05, 0) is 18.2 Å². The first-order valence-corrected chi connectivity index (χ1v) is 5.08. The Labute approximate surface area is 98.2 Å². The lowest BCUT2D eigenvalue weighted by Crippen LogP contribution is -2.29. The number of hydrogen-bond acceptors (Lipinski definition) is 3. The fraction of sp³-hybridized carbons (Fsp3) is 0.273. The standard InChI is InChI=1S/C11H14FN3O2/c1-14-10(16)4-5-15-11(17)7-2-3-9(13)8(12)6-7/h2-3,6H,4-5,13H2,1H3,(H,14,16)(H,15,17). The Morgan fingerprint density at radius 3 is 2.71 bits per heavy atom. The SMILES string of the molecule is CNC(=O)CCNC(=O)c1ccc(N)c(F)c1. The van der Waals surface area contributed by atoms with Gasteiger partial charge in [0.15, 0.2) is 0 Å². The fourth-order valence-electron chi connectivity index (χ4n) is 1.18. The van der Waals surface area contributed by atoms with Crippen LogP contribution in [0.2, 0.25) is 0 Å². The van der Waals surface area contributed by atoms with Crippen LogP contribution in [-0.2, 0) is 4.79 Å². The zero-order chi connectivity index (χ0) is 12.8. The zero-order valence-corrected chi connectivity index (χ0v) is 9.42. The molecule has 92 valence electrons. The summed E-state index contributed by atoms with van der Waals surface area (Å²) in [4.78, 5) is 22.4. The van der Waals surface area contributed by atoms with Crippen molar-refractivity contribution in [3.8, 4) is 0 Å². The molecule has 0 aliphatic carbocycles. The third-order valence-electron chi connectivity index (χ3n) is 2.18. The normalized spacial score (nSPS) is 9.76. The zero-order valence-electron chi connectivity index (χ0n) is 9.42. The molecule has 6 heteroatoms. The Morgan fingerprint density at radius 1 is 1.41 bits per heavy atom. The second-order valence-electron chi connectivity index (χ2n) is 3.42. The topological polar surface area (TPSA) is 84.2 Å². The fourth-order valence-corrected chi connectivity index (χ4v) is 1.18. The maximum Gasteiger partial charge on any atom is 0.251 e. The molecule has 0 unspecified atom stereocenters. The molecule has 0 atom stereocenters. The second kappa shape index (κ2) is 5.83. The van der Waals surface area contributed by atoms with Gasteiger partial charge in [-0.15, -0.1) is 0 Å². The van der Waals surface area contributed by atoms with Gasteiger partial charge in [0.05, 0.1) is 5.69 Å². The van der Waals surface area contributed by atoms with Crippen LogP contribution in [0.15, 0.2) is 18.2 Å². The van der Waals surface area contributed by atoms with Crippen LogP contribution >= 0.6 is 0 Å². The lowest BCUT2D eigenvalue weighted by molar-refractivity contribution is -0.120. The molecule has 5 nitrogen and oxygen atoms in total. The third-order valence-corrected chi connectivity index (χ3v) is 2.18. The van der Waals surface area contributed by atoms with E-state index in [0.29, 0.717) is 0 Å². The van der Waals surface area contributed by atoms with E-state index in [2.05, 4.69) is 10.6 Å². The molecule has 0 saturated carbocycles. The van der Waals surface area contributed by atoms with E-state index in [1.54, 1.807) is 0 Å². The van der Waals surface area contributed by atoms with Crippen LogP contribution in [0, 0.1) is 5.82 Å². The molecule has 0 fully saturated rings. The molecule has 4 N–H and O–H groups in total. The van der Waals surface area contributed by atoms with Crippen molar-refractivity contribution in [3.05, 3.63) is 29.6 Å². The predicted octanol–water partition coefficient (Wildman–Crippen LogP) is 0.274. The first kappa shape index (κ1) is 13.0. The minimum absolute atomic E-state index is 0.00749. The Balaban J connectivity index is 2.52. The summed E-state index contributed by atoms with van der Waals surface area (Å²) in [6.07, 6.45) is 0.180. The van der Waals surface area contributed by atoms with Crippen LogP contribution < -0.4 is 16.4 Å². The van der Waals surface area contributed by atoms with E-state index in [4.69, 9.17) is 5.73 Å². The minimum atomic E-state index is -0.635. The van der Waals surface area contributed by atoms with Crippen molar-refractivity contribution in [2.75, 3.05) is 19.3 Å². The van der Waals surface area contributed by atoms with E-state index in [9.17, 15) is 14.0 Å². The lowest BCUT2D eigenvalue weighted by atomic mass is 10.2. The Bertz CT molecular complexity index is 435. The number of nitrogen functional groups attached to an aromatic ring is 1. The van der Waals surface area contributed by atoms with Crippen molar-refractivity contribution in [1.82, 2.24) is 10.6 Å². The largest absolute Gasteiger partial charge is 0.396 e. The minimum Gasteiger partial charge on any atom is -0.396 e. The summed E-state index contributed by atoms with van der Waals surface area (Å²) >= 11 is 0. The van der Waals surface area contributed by atoms with Gasteiger partial charge < -0.3 is 16.4 Å². The van der Waals surface area contributed by atoms with Crippen LogP contribution in [0.4, 0.5) is 10.1 Å². The third kappa shape index (κ3) is 3.75. The first-order valence-electron chi connectivity index (χ1n) is 5.08. The first-order chi connectivity index (χ1) is 8.04. The number of hydrogen-bond donors (Lipinski definition) is 3. The highest BCUT2D eigenvalue weighted by molar-refractivity contribution is 5.94. The molecule has 1 aromatic carbocycles. The van der Waals surface area contributed by atoms with Crippen LogP contribution in [0.1, 0.15) is 16.8 Å². The van der Waals surface area contributed by atoms with E-state index in [0.717, 1.165) is 6.07 Å². The monoisotopic (exact) mass is 239 g/mol. The molecular weight excluding hydrogens is 225 g/mol. The van der Waals surface area contributed by atoms with Crippen molar-refractivity contribution in [2.24, 2.45) is 0 Å². The van der Waals surface area contributed by atoms with Gasteiger partial charge in [0, 0.05) is 25.6 Å². The van der Waals surface area contributed by atoms with Gasteiger partial charge in [-0.1, -0.05) is 0 Å². The number of nitrogens with one attached hydrogen (secondary N) is 2. The molecule has 0 spiro atoms. The Hall–Kier alpha value is -2.11. The van der Waals surface area contributed by atoms with Crippen molar-refractivity contribution in [2.45, 2.75) is 6.42 Å². The van der Waals surface area contributed by atoms with Gasteiger partial charge in [0.2, 0.25) is 5.91 Å². The van der Waals surface area contributed by atoms with Crippen molar-refractivity contribution < 1.29 is 14.0 Å². The van der Waals surface area contributed by atoms with Gasteiger partial charge in [-0.2, -0.15) is 0 Å². The summed E-state index contributed by atoms with van der Waals surface area (Å²) in [5.41, 5.74) is 5.45. The molecule has 0 radical (unpaired) electrons. The summed E-state index contributed by atoms with van der Waals surface area (Å²) in [5, 5.41) is 4.93. The van der Waals surface area contributed by atoms with Crippen molar-refractivity contribution in [3.63, 3.8) is 0 Å². The molecule has 0 heterocycles. The highest BCUT2D eigenvalue weighted by Gasteiger charge is 2.08. The average Bonchev–Trinajstić information content (AvgIpc) is 2.32. The lowest BCUT2D eigenvalue weighted by Gasteiger charge is -2.05. The maximum atomic E-state index is 13.1. The molecule has 0 aliphatic heterocycles. The van der Waals surface area contributed by atoms with Crippen LogP contribution in [-0.4, -0.2) is 25.4 Å². The highest BCUT2D eigenvalue weighted by Crippen LogP contribution is 2.11. The second-order valence-corrected chi connectivity index (χ2v) is 3.42. The molecule has 0 aliphatic rings. The van der Waals surface area contributed by atoms with Gasteiger partial charge in [-0.3, -0.25) is 9.59 Å². The number of carbonyl (C=O) groups excluding carboxylic acids is 2.